The van der Waals surface area contributed by atoms with E-state index >= 15 is 0 Å². The molecule has 2 aliphatic carbocycles. The number of benzene rings is 9. The Kier molecular flexibility index (Phi) is 5.92. The Labute approximate surface area is 311 Å². The first-order valence-corrected chi connectivity index (χ1v) is 19.2. The summed E-state index contributed by atoms with van der Waals surface area (Å²) in [6.45, 7) is 0. The van der Waals surface area contributed by atoms with Crippen LogP contribution in [0.3, 0.4) is 0 Å². The SMILES string of the molecule is c1ccc2c(c1)-c1ccccc1C21c2ccccc2-c2cc(N(c3cccc4ccccc34)c3cc4ccccc4c4c3sc3ccccc34)ccc21. The minimum absolute atomic E-state index is 0.371. The van der Waals surface area contributed by atoms with Crippen LogP contribution in [0.25, 0.3) is 64.0 Å². The van der Waals surface area contributed by atoms with Crippen LogP contribution in [0.15, 0.2) is 188 Å². The van der Waals surface area contributed by atoms with Gasteiger partial charge in [0.05, 0.1) is 21.5 Å². The third-order valence-electron chi connectivity index (χ3n) is 11.8. The van der Waals surface area contributed by atoms with Gasteiger partial charge in [-0.15, -0.1) is 11.3 Å². The van der Waals surface area contributed by atoms with Gasteiger partial charge in [-0.3, -0.25) is 0 Å². The van der Waals surface area contributed by atoms with Gasteiger partial charge >= 0.3 is 0 Å². The molecule has 0 saturated heterocycles. The summed E-state index contributed by atoms with van der Waals surface area (Å²) >= 11 is 1.90. The lowest BCUT2D eigenvalue weighted by Crippen LogP contribution is -2.25. The van der Waals surface area contributed by atoms with E-state index in [1.54, 1.807) is 0 Å². The first-order valence-electron chi connectivity index (χ1n) is 18.4. The lowest BCUT2D eigenvalue weighted by molar-refractivity contribution is 0.794. The van der Waals surface area contributed by atoms with Gasteiger partial charge in [0.2, 0.25) is 0 Å². The highest BCUT2D eigenvalue weighted by molar-refractivity contribution is 7.26. The number of nitrogens with zero attached hydrogens (tertiary/aromatic N) is 1. The molecule has 12 rings (SSSR count). The molecule has 1 nitrogen and oxygen atoms in total. The van der Waals surface area contributed by atoms with Gasteiger partial charge < -0.3 is 4.90 Å². The van der Waals surface area contributed by atoms with Crippen molar-refractivity contribution in [3.05, 3.63) is 210 Å². The largest absolute Gasteiger partial charge is 0.308 e. The van der Waals surface area contributed by atoms with Crippen molar-refractivity contribution in [2.75, 3.05) is 4.90 Å². The predicted molar refractivity (Wildman–Crippen MR) is 225 cm³/mol. The van der Waals surface area contributed by atoms with Crippen LogP contribution >= 0.6 is 11.3 Å². The summed E-state index contributed by atoms with van der Waals surface area (Å²) in [5.74, 6) is 0. The molecule has 10 aromatic rings. The third-order valence-corrected chi connectivity index (χ3v) is 13.0. The average Bonchev–Trinajstić information content (AvgIpc) is 3.86. The van der Waals surface area contributed by atoms with E-state index in [1.807, 2.05) is 11.3 Å². The first-order chi connectivity index (χ1) is 26.3. The molecule has 0 aliphatic heterocycles. The summed E-state index contributed by atoms with van der Waals surface area (Å²) in [5.41, 5.74) is 13.9. The molecular weight excluding hydrogens is 659 g/mol. The van der Waals surface area contributed by atoms with Crippen molar-refractivity contribution in [3.8, 4) is 22.3 Å². The lowest BCUT2D eigenvalue weighted by atomic mass is 9.70. The molecule has 0 radical (unpaired) electrons. The van der Waals surface area contributed by atoms with Crippen LogP contribution in [0.4, 0.5) is 17.1 Å². The van der Waals surface area contributed by atoms with Gasteiger partial charge in [-0.1, -0.05) is 158 Å². The van der Waals surface area contributed by atoms with Crippen LogP contribution in [0.5, 0.6) is 0 Å². The Balaban J connectivity index is 1.19. The predicted octanol–water partition coefficient (Wildman–Crippen LogP) is 14.2. The van der Waals surface area contributed by atoms with Gasteiger partial charge in [0.25, 0.3) is 0 Å². The Morgan fingerprint density at radius 2 is 0.925 bits per heavy atom. The number of fused-ring (bicyclic) bond motifs is 16. The fourth-order valence-electron chi connectivity index (χ4n) is 9.76. The van der Waals surface area contributed by atoms with Crippen molar-refractivity contribution in [1.82, 2.24) is 0 Å². The van der Waals surface area contributed by atoms with Crippen LogP contribution in [0.2, 0.25) is 0 Å². The minimum Gasteiger partial charge on any atom is -0.308 e. The highest BCUT2D eigenvalue weighted by atomic mass is 32.1. The molecule has 1 heterocycles. The minimum atomic E-state index is -0.371. The number of hydrogen-bond donors (Lipinski definition) is 0. The molecule has 0 amide bonds. The van der Waals surface area contributed by atoms with Crippen molar-refractivity contribution in [1.29, 1.82) is 0 Å². The van der Waals surface area contributed by atoms with Crippen molar-refractivity contribution < 1.29 is 0 Å². The smallest absolute Gasteiger partial charge is 0.0725 e. The summed E-state index contributed by atoms with van der Waals surface area (Å²) in [4.78, 5) is 2.54. The number of anilines is 3. The van der Waals surface area contributed by atoms with E-state index in [0.717, 1.165) is 5.69 Å². The lowest BCUT2D eigenvalue weighted by Gasteiger charge is -2.31. The van der Waals surface area contributed by atoms with Gasteiger partial charge in [0.1, 0.15) is 0 Å². The molecule has 246 valence electrons. The second kappa shape index (κ2) is 10.8. The van der Waals surface area contributed by atoms with E-state index in [1.165, 1.54) is 97.6 Å². The molecule has 2 aliphatic rings. The monoisotopic (exact) mass is 689 g/mol. The highest BCUT2D eigenvalue weighted by Gasteiger charge is 2.51. The molecule has 2 heteroatoms. The van der Waals surface area contributed by atoms with Gasteiger partial charge in [0.15, 0.2) is 0 Å². The number of rotatable bonds is 3. The number of thiophene rings is 1. The van der Waals surface area contributed by atoms with Crippen LogP contribution in [-0.4, -0.2) is 0 Å². The van der Waals surface area contributed by atoms with Gasteiger partial charge in [-0.2, -0.15) is 0 Å². The molecule has 0 unspecified atom stereocenters. The maximum atomic E-state index is 2.54. The van der Waals surface area contributed by atoms with E-state index in [4.69, 9.17) is 0 Å². The molecule has 0 bridgehead atoms. The third kappa shape index (κ3) is 3.81. The summed E-state index contributed by atoms with van der Waals surface area (Å²) < 4.78 is 2.61. The molecule has 1 aromatic heterocycles. The first kappa shape index (κ1) is 29.1. The van der Waals surface area contributed by atoms with Crippen molar-refractivity contribution in [2.45, 2.75) is 5.41 Å². The van der Waals surface area contributed by atoms with E-state index in [2.05, 4.69) is 193 Å². The molecule has 0 fully saturated rings. The fourth-order valence-corrected chi connectivity index (χ4v) is 11.0. The second-order valence-electron chi connectivity index (χ2n) is 14.4. The Morgan fingerprint density at radius 1 is 0.377 bits per heavy atom. The zero-order chi connectivity index (χ0) is 34.7. The van der Waals surface area contributed by atoms with Gasteiger partial charge in [-0.05, 0) is 91.0 Å². The average molecular weight is 690 g/mol. The summed E-state index contributed by atoms with van der Waals surface area (Å²) in [7, 11) is 0. The highest BCUT2D eigenvalue weighted by Crippen LogP contribution is 2.63. The van der Waals surface area contributed by atoms with Crippen LogP contribution in [0, 0.1) is 0 Å². The quantitative estimate of drug-likeness (QED) is 0.178. The van der Waals surface area contributed by atoms with Crippen LogP contribution in [-0.2, 0) is 5.41 Å². The van der Waals surface area contributed by atoms with E-state index in [9.17, 15) is 0 Å². The van der Waals surface area contributed by atoms with Gasteiger partial charge in [0, 0.05) is 26.5 Å². The fraction of sp³-hybridized carbons (Fsp3) is 0.0196. The maximum absolute atomic E-state index is 2.54. The number of hydrogen-bond acceptors (Lipinski definition) is 2. The Hall–Kier alpha value is -6.48. The van der Waals surface area contributed by atoms with E-state index < -0.39 is 0 Å². The Morgan fingerprint density at radius 3 is 1.66 bits per heavy atom. The zero-order valence-electron chi connectivity index (χ0n) is 28.8. The van der Waals surface area contributed by atoms with E-state index in [-0.39, 0.29) is 5.41 Å². The van der Waals surface area contributed by atoms with Gasteiger partial charge in [-0.25, -0.2) is 0 Å². The summed E-state index contributed by atoms with van der Waals surface area (Å²) in [6, 6.07) is 70.2. The van der Waals surface area contributed by atoms with Crippen molar-refractivity contribution in [3.63, 3.8) is 0 Å². The summed E-state index contributed by atoms with van der Waals surface area (Å²) in [6.07, 6.45) is 0. The Bertz CT molecular complexity index is 3100. The summed E-state index contributed by atoms with van der Waals surface area (Å²) in [5, 5.41) is 7.64. The van der Waals surface area contributed by atoms with Crippen LogP contribution in [0.1, 0.15) is 22.3 Å². The molecule has 9 aromatic carbocycles. The van der Waals surface area contributed by atoms with Crippen molar-refractivity contribution >= 4 is 70.1 Å². The standard InChI is InChI=1S/C51H31NS/c1-3-17-35-32(14-1)16-13-26-46(35)52(47-30-33-15-2-4-18-36(33)49-40-22-8-12-27-48(40)53-50(47)49)34-28-29-45-41(31-34)39-21-7-11-25-44(39)51(45)42-23-9-5-19-37(42)38-20-6-10-24-43(38)51/h1-31H. The molecule has 0 atom stereocenters. The van der Waals surface area contributed by atoms with Crippen LogP contribution < -0.4 is 4.90 Å². The van der Waals surface area contributed by atoms with Crippen molar-refractivity contribution in [2.24, 2.45) is 0 Å². The molecule has 1 spiro atoms. The normalized spacial score (nSPS) is 13.4. The molecule has 0 N–H and O–H groups in total. The zero-order valence-corrected chi connectivity index (χ0v) is 29.6. The topological polar surface area (TPSA) is 3.24 Å². The maximum Gasteiger partial charge on any atom is 0.0725 e. The second-order valence-corrected chi connectivity index (χ2v) is 15.4. The molecule has 53 heavy (non-hydrogen) atoms. The molecular formula is C51H31NS. The molecule has 0 saturated carbocycles. The van der Waals surface area contributed by atoms with E-state index in [0.29, 0.717) is 0 Å².